The third kappa shape index (κ3) is 6.72. The zero-order chi connectivity index (χ0) is 17.2. The van der Waals surface area contributed by atoms with Crippen molar-refractivity contribution in [3.8, 4) is 0 Å². The van der Waals surface area contributed by atoms with E-state index in [9.17, 15) is 4.79 Å². The molecule has 1 aliphatic rings. The number of aryl methyl sites for hydroxylation is 1. The van der Waals surface area contributed by atoms with Gasteiger partial charge in [-0.05, 0) is 49.3 Å². The first-order valence-electron chi connectivity index (χ1n) is 8.61. The minimum atomic E-state index is -1.00. The molecule has 0 heterocycles. The van der Waals surface area contributed by atoms with Crippen LogP contribution in [-0.2, 0) is 16.0 Å². The van der Waals surface area contributed by atoms with Crippen molar-refractivity contribution < 1.29 is 19.7 Å². The minimum absolute atomic E-state index is 0.159. The molecule has 2 unspecified atom stereocenters. The molecule has 1 aromatic rings. The van der Waals surface area contributed by atoms with Gasteiger partial charge in [0.25, 0.3) is 0 Å². The monoisotopic (exact) mass is 333 g/mol. The number of esters is 1. The van der Waals surface area contributed by atoms with Crippen LogP contribution in [0.2, 0.25) is 0 Å². The van der Waals surface area contributed by atoms with Crippen molar-refractivity contribution in [2.24, 2.45) is 5.92 Å². The van der Waals surface area contributed by atoms with Gasteiger partial charge in [-0.2, -0.15) is 0 Å². The van der Waals surface area contributed by atoms with Gasteiger partial charge in [0.2, 0.25) is 0 Å². The normalized spacial score (nSPS) is 18.2. The fourth-order valence-electron chi connectivity index (χ4n) is 2.65. The Morgan fingerprint density at radius 2 is 2.12 bits per heavy atom. The second kappa shape index (κ2) is 10.1. The number of nitrogens with one attached hydrogen (secondary N) is 1. The van der Waals surface area contributed by atoms with Gasteiger partial charge < -0.3 is 20.3 Å². The molecule has 132 valence electrons. The molecule has 1 aliphatic carbocycles. The van der Waals surface area contributed by atoms with Crippen molar-refractivity contribution in [1.82, 2.24) is 0 Å². The Morgan fingerprint density at radius 3 is 2.79 bits per heavy atom. The van der Waals surface area contributed by atoms with Gasteiger partial charge in [0.1, 0.15) is 12.7 Å². The van der Waals surface area contributed by atoms with Gasteiger partial charge in [-0.1, -0.05) is 24.3 Å². The molecule has 3 N–H and O–H groups in total. The van der Waals surface area contributed by atoms with Crippen molar-refractivity contribution in [2.45, 2.75) is 38.2 Å². The first kappa shape index (κ1) is 18.5. The second-order valence-corrected chi connectivity index (χ2v) is 6.22. The number of ether oxygens (including phenoxy) is 1. The zero-order valence-corrected chi connectivity index (χ0v) is 14.0. The summed E-state index contributed by atoms with van der Waals surface area (Å²) < 4.78 is 4.88. The Morgan fingerprint density at radius 1 is 1.33 bits per heavy atom. The summed E-state index contributed by atoms with van der Waals surface area (Å²) in [6.07, 6.45) is 8.13. The molecule has 5 nitrogen and oxygen atoms in total. The first-order valence-corrected chi connectivity index (χ1v) is 8.61. The smallest absolute Gasteiger partial charge is 0.306 e. The van der Waals surface area contributed by atoms with Crippen LogP contribution in [0.5, 0.6) is 0 Å². The number of hydrogen-bond acceptors (Lipinski definition) is 5. The molecule has 0 fully saturated rings. The number of carbonyl (C=O) groups excluding carboxylic acids is 1. The number of aliphatic hydroxyl groups excluding tert-OH is 2. The van der Waals surface area contributed by atoms with Crippen molar-refractivity contribution in [1.29, 1.82) is 0 Å². The second-order valence-electron chi connectivity index (χ2n) is 6.22. The number of carbonyl (C=O) groups is 1. The number of anilines is 1. The van der Waals surface area contributed by atoms with E-state index in [1.165, 1.54) is 19.3 Å². The number of aliphatic hydroxyl groups is 2. The molecule has 0 aromatic heterocycles. The maximum Gasteiger partial charge on any atom is 0.306 e. The summed E-state index contributed by atoms with van der Waals surface area (Å²) in [5.74, 6) is 0.247. The summed E-state index contributed by atoms with van der Waals surface area (Å²) in [4.78, 5) is 11.5. The van der Waals surface area contributed by atoms with Gasteiger partial charge in [0.15, 0.2) is 0 Å². The maximum absolute atomic E-state index is 11.5. The molecule has 2 rings (SSSR count). The fraction of sp³-hybridized carbons (Fsp3) is 0.526. The molecule has 0 saturated carbocycles. The molecule has 0 aliphatic heterocycles. The van der Waals surface area contributed by atoms with E-state index in [0.717, 1.165) is 17.8 Å². The molecule has 24 heavy (non-hydrogen) atoms. The van der Waals surface area contributed by atoms with E-state index >= 15 is 0 Å². The highest BCUT2D eigenvalue weighted by molar-refractivity contribution is 5.69. The van der Waals surface area contributed by atoms with Crippen LogP contribution in [0.1, 0.15) is 31.2 Å². The fourth-order valence-corrected chi connectivity index (χ4v) is 2.65. The van der Waals surface area contributed by atoms with Crippen LogP contribution in [0.15, 0.2) is 36.4 Å². The van der Waals surface area contributed by atoms with Crippen LogP contribution in [0.4, 0.5) is 5.69 Å². The summed E-state index contributed by atoms with van der Waals surface area (Å²) in [5.41, 5.74) is 2.16. The molecule has 5 heteroatoms. The largest absolute Gasteiger partial charge is 0.463 e. The van der Waals surface area contributed by atoms with Gasteiger partial charge in [0.05, 0.1) is 6.61 Å². The van der Waals surface area contributed by atoms with Crippen LogP contribution in [0, 0.1) is 5.92 Å². The highest BCUT2D eigenvalue weighted by Crippen LogP contribution is 2.18. The van der Waals surface area contributed by atoms with E-state index in [-0.39, 0.29) is 19.0 Å². The molecule has 0 saturated heterocycles. The van der Waals surface area contributed by atoms with Gasteiger partial charge in [-0.25, -0.2) is 0 Å². The average molecular weight is 333 g/mol. The summed E-state index contributed by atoms with van der Waals surface area (Å²) in [7, 11) is 0. The number of benzene rings is 1. The summed E-state index contributed by atoms with van der Waals surface area (Å²) >= 11 is 0. The summed E-state index contributed by atoms with van der Waals surface area (Å²) in [6, 6.07) is 8.08. The average Bonchev–Trinajstić information content (AvgIpc) is 2.64. The van der Waals surface area contributed by atoms with Crippen LogP contribution in [-0.4, -0.2) is 42.0 Å². The minimum Gasteiger partial charge on any atom is -0.463 e. The lowest BCUT2D eigenvalue weighted by molar-refractivity contribution is -0.147. The molecular formula is C19H27NO4. The third-order valence-electron chi connectivity index (χ3n) is 4.14. The van der Waals surface area contributed by atoms with Crippen molar-refractivity contribution in [2.75, 3.05) is 25.1 Å². The Labute approximate surface area is 143 Å². The van der Waals surface area contributed by atoms with Crippen LogP contribution < -0.4 is 5.32 Å². The maximum atomic E-state index is 11.5. The Hall–Kier alpha value is -1.85. The summed E-state index contributed by atoms with van der Waals surface area (Å²) in [5, 5.41) is 21.2. The lowest BCUT2D eigenvalue weighted by Gasteiger charge is -2.17. The highest BCUT2D eigenvalue weighted by atomic mass is 16.5. The number of rotatable bonds is 9. The van der Waals surface area contributed by atoms with Gasteiger partial charge >= 0.3 is 5.97 Å². The Balaban J connectivity index is 1.68. The lowest BCUT2D eigenvalue weighted by Crippen LogP contribution is -2.22. The Bertz CT molecular complexity index is 527. The van der Waals surface area contributed by atoms with Gasteiger partial charge in [-0.3, -0.25) is 4.79 Å². The Kier molecular flexibility index (Phi) is 7.79. The lowest BCUT2D eigenvalue weighted by atomic mass is 9.96. The first-order chi connectivity index (χ1) is 11.7. The van der Waals surface area contributed by atoms with E-state index in [4.69, 9.17) is 14.9 Å². The van der Waals surface area contributed by atoms with Crippen LogP contribution in [0.3, 0.4) is 0 Å². The molecule has 2 atom stereocenters. The van der Waals surface area contributed by atoms with E-state index < -0.39 is 12.7 Å². The molecule has 0 radical (unpaired) electrons. The highest BCUT2D eigenvalue weighted by Gasteiger charge is 2.09. The van der Waals surface area contributed by atoms with Crippen LogP contribution in [0.25, 0.3) is 0 Å². The predicted molar refractivity (Wildman–Crippen MR) is 93.8 cm³/mol. The number of allylic oxidation sites excluding steroid dienone is 1. The van der Waals surface area contributed by atoms with Crippen molar-refractivity contribution in [3.05, 3.63) is 42.0 Å². The van der Waals surface area contributed by atoms with E-state index in [0.29, 0.717) is 12.3 Å². The van der Waals surface area contributed by atoms with Crippen molar-refractivity contribution in [3.63, 3.8) is 0 Å². The molecule has 1 aromatic carbocycles. The standard InChI is InChI=1S/C19H27NO4/c21-13-18(22)14-24-19(23)11-8-15-6-9-17(10-7-15)20-12-16-4-2-1-3-5-16/h2,4,6-7,9-10,16,18,20-22H,1,3,5,8,11-14H2. The van der Waals surface area contributed by atoms with E-state index in [1.807, 2.05) is 24.3 Å². The van der Waals surface area contributed by atoms with E-state index in [2.05, 4.69) is 17.5 Å². The molecule has 0 amide bonds. The number of hydrogen-bond donors (Lipinski definition) is 3. The molecule has 0 spiro atoms. The zero-order valence-electron chi connectivity index (χ0n) is 14.0. The summed E-state index contributed by atoms with van der Waals surface area (Å²) in [6.45, 7) is 0.390. The van der Waals surface area contributed by atoms with Crippen molar-refractivity contribution >= 4 is 11.7 Å². The molecular weight excluding hydrogens is 306 g/mol. The van der Waals surface area contributed by atoms with Gasteiger partial charge in [0, 0.05) is 18.7 Å². The van der Waals surface area contributed by atoms with Crippen LogP contribution >= 0.6 is 0 Å². The predicted octanol–water partition coefficient (Wildman–Crippen LogP) is 2.28. The quantitative estimate of drug-likeness (QED) is 0.477. The van der Waals surface area contributed by atoms with Gasteiger partial charge in [-0.15, -0.1) is 0 Å². The van der Waals surface area contributed by atoms with E-state index in [1.54, 1.807) is 0 Å². The SMILES string of the molecule is O=C(CCc1ccc(NCC2C=CCCC2)cc1)OCC(O)CO. The third-order valence-corrected chi connectivity index (χ3v) is 4.14. The topological polar surface area (TPSA) is 78.8 Å². The molecule has 0 bridgehead atoms.